The highest BCUT2D eigenvalue weighted by Gasteiger charge is 2.04. The summed E-state index contributed by atoms with van der Waals surface area (Å²) in [4.78, 5) is 4.01. The first-order valence-electron chi connectivity index (χ1n) is 4.27. The molecule has 0 fully saturated rings. The van der Waals surface area contributed by atoms with Crippen LogP contribution < -0.4 is 0 Å². The highest BCUT2D eigenvalue weighted by molar-refractivity contribution is 7.79. The topological polar surface area (TPSA) is 68.0 Å². The minimum atomic E-state index is -2.06. The van der Waals surface area contributed by atoms with Gasteiger partial charge in [-0.2, -0.15) is 5.10 Å². The van der Waals surface area contributed by atoms with Crippen LogP contribution in [0.3, 0.4) is 0 Å². The van der Waals surface area contributed by atoms with Gasteiger partial charge in [0.1, 0.15) is 0 Å². The predicted octanol–water partition coefficient (Wildman–Crippen LogP) is 1.16. The molecule has 0 bridgehead atoms. The summed E-state index contributed by atoms with van der Waals surface area (Å²) in [7, 11) is 0. The van der Waals surface area contributed by atoms with E-state index in [1.807, 2.05) is 13.0 Å². The van der Waals surface area contributed by atoms with Crippen LogP contribution in [-0.2, 0) is 11.1 Å². The third kappa shape index (κ3) is 2.11. The molecule has 2 aromatic rings. The molecular weight excluding hydrogens is 214 g/mol. The van der Waals surface area contributed by atoms with Gasteiger partial charge in [0.05, 0.1) is 5.69 Å². The second-order valence-electron chi connectivity index (χ2n) is 2.98. The number of rotatable bonds is 2. The monoisotopic (exact) mass is 223 g/mol. The molecule has 1 atom stereocenters. The van der Waals surface area contributed by atoms with Gasteiger partial charge in [0, 0.05) is 6.20 Å². The summed E-state index contributed by atoms with van der Waals surface area (Å²) in [5.41, 5.74) is 0.868. The Labute approximate surface area is 89.1 Å². The first-order chi connectivity index (χ1) is 7.16. The second kappa shape index (κ2) is 3.92. The minimum Gasteiger partial charge on any atom is -0.301 e. The van der Waals surface area contributed by atoms with Gasteiger partial charge >= 0.3 is 0 Å². The highest BCUT2D eigenvalue weighted by Crippen LogP contribution is 2.07. The lowest BCUT2D eigenvalue weighted by Crippen LogP contribution is -2.01. The van der Waals surface area contributed by atoms with Gasteiger partial charge in [-0.1, -0.05) is 6.07 Å². The molecule has 0 saturated heterocycles. The van der Waals surface area contributed by atoms with E-state index in [1.54, 1.807) is 23.0 Å². The predicted molar refractivity (Wildman–Crippen MR) is 55.1 cm³/mol. The van der Waals surface area contributed by atoms with Crippen LogP contribution in [0, 0.1) is 6.92 Å². The van der Waals surface area contributed by atoms with Crippen molar-refractivity contribution in [3.8, 4) is 5.82 Å². The van der Waals surface area contributed by atoms with Crippen molar-refractivity contribution >= 4 is 11.1 Å². The number of hydrogen-bond acceptors (Lipinski definition) is 3. The zero-order valence-electron chi connectivity index (χ0n) is 7.99. The standard InChI is InChI=1S/C9H9N3O2S/c1-7-5-6-12(11-7)8-3-2-4-9(10-8)15(13)14/h2-6H,1H3,(H,13,14). The smallest absolute Gasteiger partial charge is 0.205 e. The zero-order valence-corrected chi connectivity index (χ0v) is 8.81. The van der Waals surface area contributed by atoms with E-state index < -0.39 is 11.1 Å². The van der Waals surface area contributed by atoms with Gasteiger partial charge in [-0.25, -0.2) is 13.9 Å². The van der Waals surface area contributed by atoms with Crippen LogP contribution in [0.4, 0.5) is 0 Å². The molecule has 0 spiro atoms. The summed E-state index contributed by atoms with van der Waals surface area (Å²) >= 11 is -2.06. The van der Waals surface area contributed by atoms with Crippen molar-refractivity contribution in [1.82, 2.24) is 14.8 Å². The van der Waals surface area contributed by atoms with E-state index in [0.717, 1.165) is 5.69 Å². The second-order valence-corrected chi connectivity index (χ2v) is 3.90. The molecule has 2 rings (SSSR count). The fourth-order valence-electron chi connectivity index (χ4n) is 1.17. The maximum absolute atomic E-state index is 10.8. The molecule has 2 heterocycles. The normalized spacial score (nSPS) is 12.7. The van der Waals surface area contributed by atoms with Crippen LogP contribution >= 0.6 is 0 Å². The van der Waals surface area contributed by atoms with Crippen molar-refractivity contribution in [2.75, 3.05) is 0 Å². The summed E-state index contributed by atoms with van der Waals surface area (Å²) in [5, 5.41) is 4.28. The maximum Gasteiger partial charge on any atom is 0.205 e. The molecule has 5 nitrogen and oxygen atoms in total. The van der Waals surface area contributed by atoms with Gasteiger partial charge in [-0.15, -0.1) is 0 Å². The number of nitrogens with zero attached hydrogens (tertiary/aromatic N) is 3. The molecule has 1 unspecified atom stereocenters. The molecule has 0 amide bonds. The summed E-state index contributed by atoms with van der Waals surface area (Å²) < 4.78 is 21.3. The van der Waals surface area contributed by atoms with Crippen LogP contribution in [0.25, 0.3) is 5.82 Å². The Balaban J connectivity index is 2.45. The lowest BCUT2D eigenvalue weighted by atomic mass is 10.5. The summed E-state index contributed by atoms with van der Waals surface area (Å²) in [6.07, 6.45) is 1.75. The Morgan fingerprint density at radius 1 is 1.40 bits per heavy atom. The third-order valence-corrected chi connectivity index (χ3v) is 2.43. The van der Waals surface area contributed by atoms with E-state index in [1.165, 1.54) is 6.07 Å². The molecule has 0 aliphatic heterocycles. The van der Waals surface area contributed by atoms with Gasteiger partial charge in [0.15, 0.2) is 10.8 Å². The van der Waals surface area contributed by atoms with Crippen molar-refractivity contribution in [3.05, 3.63) is 36.2 Å². The van der Waals surface area contributed by atoms with Crippen LogP contribution in [0.2, 0.25) is 0 Å². The summed E-state index contributed by atoms with van der Waals surface area (Å²) in [6.45, 7) is 1.87. The Bertz CT molecular complexity index is 510. The van der Waals surface area contributed by atoms with E-state index in [-0.39, 0.29) is 5.03 Å². The molecule has 15 heavy (non-hydrogen) atoms. The van der Waals surface area contributed by atoms with Gasteiger partial charge in [-0.3, -0.25) is 0 Å². The fourth-order valence-corrected chi connectivity index (χ4v) is 1.54. The number of aryl methyl sites for hydroxylation is 1. The molecule has 0 aromatic carbocycles. The molecular formula is C9H9N3O2S. The number of hydrogen-bond donors (Lipinski definition) is 1. The number of pyridine rings is 1. The van der Waals surface area contributed by atoms with E-state index >= 15 is 0 Å². The quantitative estimate of drug-likeness (QED) is 0.776. The molecule has 0 radical (unpaired) electrons. The van der Waals surface area contributed by atoms with Crippen LogP contribution in [-0.4, -0.2) is 23.5 Å². The Morgan fingerprint density at radius 3 is 2.80 bits per heavy atom. The lowest BCUT2D eigenvalue weighted by Gasteiger charge is -2.00. The summed E-state index contributed by atoms with van der Waals surface area (Å²) in [6, 6.07) is 6.73. The third-order valence-electron chi connectivity index (χ3n) is 1.84. The Morgan fingerprint density at radius 2 is 2.20 bits per heavy atom. The Kier molecular flexibility index (Phi) is 2.61. The molecule has 2 aromatic heterocycles. The average molecular weight is 223 g/mol. The minimum absolute atomic E-state index is 0.126. The van der Waals surface area contributed by atoms with Crippen molar-refractivity contribution in [2.45, 2.75) is 11.9 Å². The molecule has 0 aliphatic rings. The average Bonchev–Trinajstić information content (AvgIpc) is 2.65. The van der Waals surface area contributed by atoms with Gasteiger partial charge in [-0.05, 0) is 25.1 Å². The molecule has 6 heteroatoms. The molecule has 78 valence electrons. The van der Waals surface area contributed by atoms with Crippen LogP contribution in [0.1, 0.15) is 5.69 Å². The van der Waals surface area contributed by atoms with Crippen LogP contribution in [0.5, 0.6) is 0 Å². The molecule has 0 saturated carbocycles. The van der Waals surface area contributed by atoms with E-state index in [2.05, 4.69) is 10.1 Å². The fraction of sp³-hybridized carbons (Fsp3) is 0.111. The first kappa shape index (κ1) is 10.0. The highest BCUT2D eigenvalue weighted by atomic mass is 32.2. The van der Waals surface area contributed by atoms with Crippen LogP contribution in [0.15, 0.2) is 35.5 Å². The van der Waals surface area contributed by atoms with Crippen molar-refractivity contribution in [2.24, 2.45) is 0 Å². The van der Waals surface area contributed by atoms with E-state index in [0.29, 0.717) is 5.82 Å². The largest absolute Gasteiger partial charge is 0.301 e. The molecule has 0 aliphatic carbocycles. The summed E-state index contributed by atoms with van der Waals surface area (Å²) in [5.74, 6) is 0.531. The van der Waals surface area contributed by atoms with E-state index in [9.17, 15) is 4.21 Å². The first-order valence-corrected chi connectivity index (χ1v) is 5.38. The van der Waals surface area contributed by atoms with Crippen molar-refractivity contribution < 1.29 is 8.76 Å². The van der Waals surface area contributed by atoms with Crippen molar-refractivity contribution in [1.29, 1.82) is 0 Å². The number of aromatic nitrogens is 3. The van der Waals surface area contributed by atoms with Gasteiger partial charge in [0.25, 0.3) is 0 Å². The lowest BCUT2D eigenvalue weighted by molar-refractivity contribution is 0.560. The van der Waals surface area contributed by atoms with E-state index in [4.69, 9.17) is 4.55 Å². The molecule has 1 N–H and O–H groups in total. The SMILES string of the molecule is Cc1ccn(-c2cccc(S(=O)O)n2)n1. The Hall–Kier alpha value is -1.53. The van der Waals surface area contributed by atoms with Gasteiger partial charge in [0.2, 0.25) is 11.1 Å². The van der Waals surface area contributed by atoms with Crippen molar-refractivity contribution in [3.63, 3.8) is 0 Å². The van der Waals surface area contributed by atoms with Gasteiger partial charge < -0.3 is 4.55 Å². The maximum atomic E-state index is 10.8. The zero-order chi connectivity index (χ0) is 10.8.